The number of anilines is 2. The molecule has 7 N–H and O–H groups in total. The number of aromatic hydroxyl groups is 2. The van der Waals surface area contributed by atoms with E-state index in [2.05, 4.69) is 31.1 Å². The third kappa shape index (κ3) is 17.6. The van der Waals surface area contributed by atoms with Crippen molar-refractivity contribution in [3.63, 3.8) is 0 Å². The molecule has 0 spiro atoms. The molecular formula is C41H35N7Na4O16S2. The first-order valence-electron chi connectivity index (χ1n) is 18.8. The van der Waals surface area contributed by atoms with Gasteiger partial charge in [-0.05, 0) is 94.7 Å². The van der Waals surface area contributed by atoms with Crippen LogP contribution in [0.4, 0.5) is 38.9 Å². The summed E-state index contributed by atoms with van der Waals surface area (Å²) in [4.78, 5) is 34.8. The molecule has 6 aromatic rings. The largest absolute Gasteiger partial charge is 1.00 e. The number of carbonyl (C=O) groups is 3. The van der Waals surface area contributed by atoms with Gasteiger partial charge in [-0.25, -0.2) is 21.6 Å². The summed E-state index contributed by atoms with van der Waals surface area (Å²) in [6, 6.07) is 18.2. The number of azo groups is 2. The Bertz CT molecular complexity index is 2890. The van der Waals surface area contributed by atoms with E-state index in [9.17, 15) is 60.8 Å². The van der Waals surface area contributed by atoms with Crippen molar-refractivity contribution in [3.05, 3.63) is 108 Å². The first-order valence-corrected chi connectivity index (χ1v) is 21.7. The van der Waals surface area contributed by atoms with Crippen LogP contribution in [-0.2, 0) is 20.2 Å². The van der Waals surface area contributed by atoms with Crippen LogP contribution in [0.15, 0.2) is 127 Å². The fraction of sp³-hybridized carbons (Fsp3) is 0.146. The summed E-state index contributed by atoms with van der Waals surface area (Å²) in [6.45, 7) is 1.75. The monoisotopic (exact) mass is 1040 g/mol. The standard InChI is InChI=1S/C35H24N6O13S2.C6H15NO3.4Na/c42-31-25-11-9-23(13-19(25)15-27(55(49,50)51)29(31)40-38-21-5-1-17(2-6-21)33(44)45)36-35(48)37-24-10-12-26-20(14-24)16-28(56(52,53)54)30(32(26)43)41-39-22-7-3-18(4-8-22)34(46)47;8-4-1-7(2-5-9)3-6-10;;;;/h1-16,42-43H,(H,44,45)(H,46,47)(H2,36,37,48)(H,49,50,51)(H,52,53,54);8-10H,1-6H2;;;;/q;;4*+1/p-4. The number of fused-ring (bicyclic) bond motifs is 2. The van der Waals surface area contributed by atoms with Gasteiger partial charge in [0, 0.05) is 41.8 Å². The number of benzene rings is 6. The van der Waals surface area contributed by atoms with Crippen LogP contribution in [0.2, 0.25) is 0 Å². The summed E-state index contributed by atoms with van der Waals surface area (Å²) in [5, 5.41) is 89.2. The maximum Gasteiger partial charge on any atom is 1.00 e. The van der Waals surface area contributed by atoms with Gasteiger partial charge in [0.15, 0.2) is 11.5 Å². The van der Waals surface area contributed by atoms with Gasteiger partial charge in [-0.1, -0.05) is 24.3 Å². The third-order valence-corrected chi connectivity index (χ3v) is 10.8. The molecule has 70 heavy (non-hydrogen) atoms. The van der Waals surface area contributed by atoms with Crippen LogP contribution in [0, 0.1) is 0 Å². The van der Waals surface area contributed by atoms with E-state index in [0.717, 1.165) is 36.4 Å². The SMILES string of the molecule is O=C(Nc1ccc2c(O)c(N=Nc3ccc(C(=O)[O-])cc3)c(S(=O)(=O)[O-])cc2c1)Nc1ccc2c(O)c(N=Nc3ccc(C(=O)[O-])cc3)c(S(=O)(=O)[O-])cc2c1.OCCN(CCO)CCO.[Na+].[Na+].[Na+].[Na+]. The first-order chi connectivity index (χ1) is 31.2. The number of hydrogen-bond donors (Lipinski definition) is 7. The summed E-state index contributed by atoms with van der Waals surface area (Å²) in [5.74, 6) is -4.37. The van der Waals surface area contributed by atoms with E-state index < -0.39 is 70.9 Å². The summed E-state index contributed by atoms with van der Waals surface area (Å²) >= 11 is 0. The van der Waals surface area contributed by atoms with E-state index in [1.807, 2.05) is 0 Å². The minimum Gasteiger partial charge on any atom is -0.744 e. The zero-order valence-corrected chi connectivity index (χ0v) is 47.4. The molecule has 0 bridgehead atoms. The zero-order chi connectivity index (χ0) is 48.3. The number of aromatic carboxylic acids is 2. The number of carbonyl (C=O) groups excluding carboxylic acids is 3. The molecule has 0 aliphatic heterocycles. The molecule has 0 radical (unpaired) electrons. The number of carboxylic acid groups (broad SMARTS) is 2. The van der Waals surface area contributed by atoms with Crippen LogP contribution in [0.3, 0.4) is 0 Å². The predicted octanol–water partition coefficient (Wildman–Crippen LogP) is -9.30. The van der Waals surface area contributed by atoms with Crippen molar-refractivity contribution in [2.24, 2.45) is 20.5 Å². The van der Waals surface area contributed by atoms with Gasteiger partial charge in [-0.3, -0.25) is 4.90 Å². The Morgan fingerprint density at radius 3 is 1.13 bits per heavy atom. The Balaban J connectivity index is 0.00000158. The number of aliphatic hydroxyl groups is 3. The Morgan fingerprint density at radius 2 is 0.843 bits per heavy atom. The molecule has 0 aliphatic rings. The molecule has 0 heterocycles. The molecule has 2 amide bonds. The number of carboxylic acids is 2. The Hall–Kier alpha value is -3.49. The number of nitrogens with zero attached hydrogens (tertiary/aromatic N) is 5. The predicted molar refractivity (Wildman–Crippen MR) is 227 cm³/mol. The molecular weight excluding hydrogens is 1000 g/mol. The number of aliphatic hydroxyl groups excluding tert-OH is 3. The van der Waals surface area contributed by atoms with Crippen LogP contribution in [0.5, 0.6) is 11.5 Å². The maximum absolute atomic E-state index is 13.0. The molecule has 23 nitrogen and oxygen atoms in total. The molecule has 6 rings (SSSR count). The second-order valence-electron chi connectivity index (χ2n) is 13.6. The molecule has 0 saturated heterocycles. The van der Waals surface area contributed by atoms with Crippen LogP contribution in [-0.4, -0.2) is 114 Å². The minimum atomic E-state index is -5.26. The van der Waals surface area contributed by atoms with E-state index in [4.69, 9.17) is 15.3 Å². The number of nitrogens with one attached hydrogen (secondary N) is 2. The Morgan fingerprint density at radius 1 is 0.514 bits per heavy atom. The molecule has 0 atom stereocenters. The maximum atomic E-state index is 13.0. The van der Waals surface area contributed by atoms with Crippen molar-refractivity contribution in [1.82, 2.24) is 4.90 Å². The number of amides is 2. The third-order valence-electron chi connectivity index (χ3n) is 9.14. The molecule has 0 unspecified atom stereocenters. The molecule has 0 aliphatic carbocycles. The quantitative estimate of drug-likeness (QED) is 0.0269. The van der Waals surface area contributed by atoms with Crippen molar-refractivity contribution in [1.29, 1.82) is 0 Å². The van der Waals surface area contributed by atoms with E-state index >= 15 is 0 Å². The normalized spacial score (nSPS) is 11.2. The fourth-order valence-electron chi connectivity index (χ4n) is 6.03. The van der Waals surface area contributed by atoms with Gasteiger partial charge in [0.1, 0.15) is 31.6 Å². The average molecular weight is 1040 g/mol. The number of phenolic OH excluding ortho intramolecular Hbond substituents is 2. The second kappa shape index (κ2) is 29.3. The fourth-order valence-corrected chi connectivity index (χ4v) is 7.32. The van der Waals surface area contributed by atoms with Crippen LogP contribution >= 0.6 is 0 Å². The molecule has 29 heteroatoms. The van der Waals surface area contributed by atoms with E-state index in [0.29, 0.717) is 19.6 Å². The van der Waals surface area contributed by atoms with Gasteiger partial charge >= 0.3 is 124 Å². The topological polar surface area (TPSA) is 390 Å². The number of hydrogen-bond acceptors (Lipinski definition) is 21. The summed E-state index contributed by atoms with van der Waals surface area (Å²) in [5.41, 5.74) is -1.49. The Kier molecular flexibility index (Phi) is 27.0. The second-order valence-corrected chi connectivity index (χ2v) is 16.3. The van der Waals surface area contributed by atoms with Crippen LogP contribution in [0.25, 0.3) is 21.5 Å². The molecule has 0 saturated carbocycles. The number of urea groups is 1. The molecule has 6 aromatic carbocycles. The smallest absolute Gasteiger partial charge is 0.744 e. The number of phenols is 2. The minimum absolute atomic E-state index is 0. The van der Waals surface area contributed by atoms with Gasteiger partial charge in [0.25, 0.3) is 0 Å². The van der Waals surface area contributed by atoms with E-state index in [1.165, 1.54) is 60.7 Å². The van der Waals surface area contributed by atoms with Gasteiger partial charge in [-0.2, -0.15) is 10.2 Å². The van der Waals surface area contributed by atoms with Crippen molar-refractivity contribution < 1.29 is 194 Å². The van der Waals surface area contributed by atoms with Crippen LogP contribution in [0.1, 0.15) is 20.7 Å². The van der Waals surface area contributed by atoms with Crippen molar-refractivity contribution in [2.45, 2.75) is 9.79 Å². The summed E-state index contributed by atoms with van der Waals surface area (Å²) in [7, 11) is -10.5. The number of rotatable bonds is 16. The van der Waals surface area contributed by atoms with E-state index in [1.54, 1.807) is 4.90 Å². The van der Waals surface area contributed by atoms with Gasteiger partial charge in [0.05, 0.1) is 52.9 Å². The summed E-state index contributed by atoms with van der Waals surface area (Å²) in [6.07, 6.45) is 0. The van der Waals surface area contributed by atoms with Gasteiger partial charge < -0.3 is 65.1 Å². The molecule has 0 aromatic heterocycles. The van der Waals surface area contributed by atoms with Gasteiger partial charge in [-0.15, -0.1) is 10.2 Å². The van der Waals surface area contributed by atoms with E-state index in [-0.39, 0.29) is 193 Å². The zero-order valence-electron chi connectivity index (χ0n) is 37.8. The first kappa shape index (κ1) is 64.5. The van der Waals surface area contributed by atoms with Crippen molar-refractivity contribution in [3.8, 4) is 11.5 Å². The van der Waals surface area contributed by atoms with Crippen LogP contribution < -0.4 is 139 Å². The van der Waals surface area contributed by atoms with Crippen molar-refractivity contribution >= 4 is 93.9 Å². The summed E-state index contributed by atoms with van der Waals surface area (Å²) < 4.78 is 73.0. The Labute approximate surface area is 487 Å². The molecule has 346 valence electrons. The van der Waals surface area contributed by atoms with Crippen molar-refractivity contribution in [2.75, 3.05) is 50.1 Å². The van der Waals surface area contributed by atoms with Gasteiger partial charge in [0.2, 0.25) is 0 Å². The average Bonchev–Trinajstić information content (AvgIpc) is 3.25. The molecule has 0 fully saturated rings.